The Morgan fingerprint density at radius 1 is 1.24 bits per heavy atom. The van der Waals surface area contributed by atoms with Gasteiger partial charge in [0, 0.05) is 56.8 Å². The van der Waals surface area contributed by atoms with Gasteiger partial charge in [0.1, 0.15) is 5.82 Å². The Labute approximate surface area is 198 Å². The number of hydrogen-bond donors (Lipinski definition) is 2. The summed E-state index contributed by atoms with van der Waals surface area (Å²) in [5, 5.41) is 3.69. The molecule has 1 fully saturated rings. The van der Waals surface area contributed by atoms with Crippen LogP contribution < -0.4 is 11.1 Å². The molecule has 3 rings (SSSR count). The summed E-state index contributed by atoms with van der Waals surface area (Å²) in [6.07, 6.45) is 12.1. The lowest BCUT2D eigenvalue weighted by Gasteiger charge is -2.18. The van der Waals surface area contributed by atoms with Gasteiger partial charge in [-0.2, -0.15) is 0 Å². The minimum absolute atomic E-state index is 0.259. The number of allylic oxidation sites excluding steroid dienone is 4. The Morgan fingerprint density at radius 3 is 2.70 bits per heavy atom. The van der Waals surface area contributed by atoms with Crippen molar-refractivity contribution in [3.63, 3.8) is 0 Å². The summed E-state index contributed by atoms with van der Waals surface area (Å²) in [6, 6.07) is 13.3. The van der Waals surface area contributed by atoms with Gasteiger partial charge in [0.2, 0.25) is 0 Å². The summed E-state index contributed by atoms with van der Waals surface area (Å²) in [7, 11) is 5.83. The smallest absolute Gasteiger partial charge is 0.134 e. The van der Waals surface area contributed by atoms with Gasteiger partial charge in [-0.1, -0.05) is 43.9 Å². The first kappa shape index (κ1) is 24.5. The molecule has 1 aromatic heterocycles. The van der Waals surface area contributed by atoms with Gasteiger partial charge in [0.05, 0.1) is 5.69 Å². The fourth-order valence-corrected chi connectivity index (χ4v) is 4.28. The highest BCUT2D eigenvalue weighted by molar-refractivity contribution is 6.11. The van der Waals surface area contributed by atoms with Gasteiger partial charge in [-0.15, -0.1) is 0 Å². The third-order valence-corrected chi connectivity index (χ3v) is 5.82. The van der Waals surface area contributed by atoms with E-state index in [1.807, 2.05) is 31.3 Å². The molecule has 0 spiro atoms. The molecule has 174 valence electrons. The summed E-state index contributed by atoms with van der Waals surface area (Å²) in [5.74, 6) is 0.893. The highest BCUT2D eigenvalue weighted by Crippen LogP contribution is 2.30. The van der Waals surface area contributed by atoms with Crippen LogP contribution in [0.3, 0.4) is 0 Å². The minimum atomic E-state index is 0.259. The molecule has 1 saturated carbocycles. The van der Waals surface area contributed by atoms with Crippen molar-refractivity contribution < 1.29 is 0 Å². The second kappa shape index (κ2) is 11.6. The zero-order valence-electron chi connectivity index (χ0n) is 20.4. The molecule has 2 aromatic rings. The van der Waals surface area contributed by atoms with Crippen molar-refractivity contribution in [2.75, 3.05) is 26.5 Å². The van der Waals surface area contributed by atoms with Crippen LogP contribution in [-0.2, 0) is 0 Å². The van der Waals surface area contributed by atoms with E-state index in [0.29, 0.717) is 6.04 Å². The number of pyridine rings is 1. The third kappa shape index (κ3) is 6.42. The molecule has 3 N–H and O–H groups in total. The number of rotatable bonds is 9. The van der Waals surface area contributed by atoms with Crippen molar-refractivity contribution in [3.05, 3.63) is 72.5 Å². The van der Waals surface area contributed by atoms with Crippen molar-refractivity contribution in [2.24, 2.45) is 10.7 Å². The largest absolute Gasteiger partial charge is 0.383 e. The number of aromatic nitrogens is 1. The Bertz CT molecular complexity index is 1050. The normalized spacial score (nSPS) is 19.2. The van der Waals surface area contributed by atoms with E-state index >= 15 is 0 Å². The van der Waals surface area contributed by atoms with Gasteiger partial charge >= 0.3 is 0 Å². The summed E-state index contributed by atoms with van der Waals surface area (Å²) in [4.78, 5) is 11.4. The molecule has 0 aliphatic heterocycles. The first-order valence-electron chi connectivity index (χ1n) is 11.7. The maximum atomic E-state index is 6.18. The third-order valence-electron chi connectivity index (χ3n) is 5.82. The molecule has 0 amide bonds. The molecule has 0 bridgehead atoms. The number of benzene rings is 1. The number of nitrogens with one attached hydrogen (secondary N) is 1. The van der Waals surface area contributed by atoms with Crippen LogP contribution in [0.15, 0.2) is 66.3 Å². The van der Waals surface area contributed by atoms with E-state index in [2.05, 4.69) is 72.5 Å². The lowest BCUT2D eigenvalue weighted by molar-refractivity contribution is 0.566. The summed E-state index contributed by atoms with van der Waals surface area (Å²) in [6.45, 7) is 6.12. The summed E-state index contributed by atoms with van der Waals surface area (Å²) in [5.41, 5.74) is 12.5. The van der Waals surface area contributed by atoms with Crippen molar-refractivity contribution in [3.8, 4) is 11.3 Å². The Morgan fingerprint density at radius 2 is 2.06 bits per heavy atom. The molecule has 0 radical (unpaired) electrons. The fraction of sp³-hybridized carbons (Fsp3) is 0.357. The molecule has 1 heterocycles. The maximum absolute atomic E-state index is 6.18. The molecule has 1 aliphatic carbocycles. The zero-order chi connectivity index (χ0) is 23.8. The monoisotopic (exact) mass is 443 g/mol. The van der Waals surface area contributed by atoms with E-state index in [-0.39, 0.29) is 6.04 Å². The molecule has 1 aliphatic rings. The zero-order valence-corrected chi connectivity index (χ0v) is 20.4. The van der Waals surface area contributed by atoms with Gasteiger partial charge < -0.3 is 16.0 Å². The topological polar surface area (TPSA) is 66.5 Å². The quantitative estimate of drug-likeness (QED) is 0.390. The molecule has 5 heteroatoms. The highest BCUT2D eigenvalue weighted by Gasteiger charge is 2.23. The van der Waals surface area contributed by atoms with Crippen LogP contribution >= 0.6 is 0 Å². The SMILES string of the molecule is C=C/C(=C\N(C)C)c1cccc(-c2ccc(C(/C=N\C)=C/CC)c(NC3CC[C@H](N)C3)n2)c1. The first-order valence-corrected chi connectivity index (χ1v) is 11.7. The second-order valence-corrected chi connectivity index (χ2v) is 8.80. The van der Waals surface area contributed by atoms with Crippen LogP contribution in [0, 0.1) is 0 Å². The van der Waals surface area contributed by atoms with E-state index in [1.54, 1.807) is 7.05 Å². The van der Waals surface area contributed by atoms with Gasteiger partial charge in [0.25, 0.3) is 0 Å². The second-order valence-electron chi connectivity index (χ2n) is 8.80. The van der Waals surface area contributed by atoms with Gasteiger partial charge in [-0.25, -0.2) is 4.98 Å². The molecular formula is C28H37N5. The van der Waals surface area contributed by atoms with E-state index in [1.165, 1.54) is 0 Å². The van der Waals surface area contributed by atoms with Crippen molar-refractivity contribution in [2.45, 2.75) is 44.7 Å². The van der Waals surface area contributed by atoms with E-state index in [4.69, 9.17) is 10.7 Å². The summed E-state index contributed by atoms with van der Waals surface area (Å²) >= 11 is 0. The number of nitrogens with two attached hydrogens (primary N) is 1. The number of aliphatic imine (C=N–C) groups is 1. The average molecular weight is 444 g/mol. The summed E-state index contributed by atoms with van der Waals surface area (Å²) < 4.78 is 0. The Kier molecular flexibility index (Phi) is 8.61. The van der Waals surface area contributed by atoms with Crippen LogP contribution in [0.5, 0.6) is 0 Å². The minimum Gasteiger partial charge on any atom is -0.383 e. The van der Waals surface area contributed by atoms with Gasteiger partial charge in [-0.05, 0) is 60.6 Å². The maximum Gasteiger partial charge on any atom is 0.134 e. The molecular weight excluding hydrogens is 406 g/mol. The highest BCUT2D eigenvalue weighted by atomic mass is 15.0. The van der Waals surface area contributed by atoms with Crippen molar-refractivity contribution in [1.82, 2.24) is 9.88 Å². The average Bonchev–Trinajstić information content (AvgIpc) is 3.21. The molecule has 5 nitrogen and oxygen atoms in total. The number of anilines is 1. The Hall–Kier alpha value is -3.18. The number of hydrogen-bond acceptors (Lipinski definition) is 5. The van der Waals surface area contributed by atoms with E-state index in [0.717, 1.165) is 65.0 Å². The van der Waals surface area contributed by atoms with Crippen LogP contribution in [0.4, 0.5) is 5.82 Å². The predicted molar refractivity (Wildman–Crippen MR) is 143 cm³/mol. The van der Waals surface area contributed by atoms with Crippen LogP contribution in [-0.4, -0.2) is 49.3 Å². The molecule has 0 saturated heterocycles. The lowest BCUT2D eigenvalue weighted by Crippen LogP contribution is -2.22. The van der Waals surface area contributed by atoms with Gasteiger partial charge in [0.15, 0.2) is 0 Å². The lowest BCUT2D eigenvalue weighted by atomic mass is 10.00. The van der Waals surface area contributed by atoms with Crippen molar-refractivity contribution in [1.29, 1.82) is 0 Å². The Balaban J connectivity index is 2.05. The van der Waals surface area contributed by atoms with Gasteiger partial charge in [-0.3, -0.25) is 4.99 Å². The van der Waals surface area contributed by atoms with Crippen LogP contribution in [0.25, 0.3) is 22.4 Å². The van der Waals surface area contributed by atoms with Crippen LogP contribution in [0.1, 0.15) is 43.7 Å². The molecule has 33 heavy (non-hydrogen) atoms. The van der Waals surface area contributed by atoms with E-state index in [9.17, 15) is 0 Å². The number of nitrogens with zero attached hydrogens (tertiary/aromatic N) is 3. The first-order chi connectivity index (χ1) is 15.9. The molecule has 2 atom stereocenters. The van der Waals surface area contributed by atoms with Crippen LogP contribution in [0.2, 0.25) is 0 Å². The molecule has 1 aromatic carbocycles. The fourth-order valence-electron chi connectivity index (χ4n) is 4.28. The predicted octanol–water partition coefficient (Wildman–Crippen LogP) is 5.62. The standard InChI is InChI=1S/C28H37N5/c1-6-9-23(18-30-3)26-14-15-27(32-28(26)31-25-13-12-24(29)17-25)22-11-8-10-21(16-22)20(7-2)19-33(4)5/h7-11,14-16,18-19,24-25H,2,6,12-13,17,29H2,1,3-5H3,(H,31,32)/b20-19+,23-9+,30-18-/t24-,25?/m0/s1. The van der Waals surface area contributed by atoms with E-state index < -0.39 is 0 Å². The molecule has 1 unspecified atom stereocenters. The van der Waals surface area contributed by atoms with Crippen molar-refractivity contribution >= 4 is 23.2 Å².